The minimum Gasteiger partial charge on any atom is -0.477 e. The summed E-state index contributed by atoms with van der Waals surface area (Å²) >= 11 is 0. The molecule has 0 aliphatic rings. The first-order valence-electron chi connectivity index (χ1n) is 19.2. The molecule has 0 bridgehead atoms. The molecular weight excluding hydrogens is 618 g/mol. The Labute approximate surface area is 299 Å². The minimum absolute atomic E-state index is 0.0507. The van der Waals surface area contributed by atoms with Crippen LogP contribution in [0.5, 0.6) is 0 Å². The number of nitrogens with zero attached hydrogens (tertiary/aromatic N) is 1. The standard InChI is InChI=1S/C41H71NO7/c1-6-8-10-12-14-16-17-18-19-20-21-22-24-25-27-29-31-39(43)48-36-37(35-47-34-33-38(41(45)46)42(3,4)5)49-40(44)32-30-28-26-23-15-13-11-9-7-2/h8,10,14,16,18-19,21-22,37-38H,6-7,9,11-13,15,17,20,23-36H2,1-5H3/p+1/b10-8+,16-14+,19-18+,22-21+. The highest BCUT2D eigenvalue weighted by Gasteiger charge is 2.31. The molecule has 2 atom stereocenters. The third-order valence-corrected chi connectivity index (χ3v) is 8.24. The molecule has 0 fully saturated rings. The summed E-state index contributed by atoms with van der Waals surface area (Å²) in [6, 6.07) is -0.617. The van der Waals surface area contributed by atoms with Crippen molar-refractivity contribution in [2.75, 3.05) is 41.0 Å². The maximum Gasteiger partial charge on any atom is 0.362 e. The van der Waals surface area contributed by atoms with Crippen LogP contribution in [-0.2, 0) is 28.6 Å². The molecule has 8 heteroatoms. The Hall–Kier alpha value is -2.71. The first-order chi connectivity index (χ1) is 23.6. The van der Waals surface area contributed by atoms with Crippen LogP contribution in [0.15, 0.2) is 48.6 Å². The van der Waals surface area contributed by atoms with Gasteiger partial charge in [0.2, 0.25) is 0 Å². The topological polar surface area (TPSA) is 99.1 Å². The number of carboxylic acids is 1. The van der Waals surface area contributed by atoms with E-state index in [1.54, 1.807) is 0 Å². The predicted molar refractivity (Wildman–Crippen MR) is 201 cm³/mol. The van der Waals surface area contributed by atoms with Gasteiger partial charge in [0, 0.05) is 19.3 Å². The van der Waals surface area contributed by atoms with Crippen molar-refractivity contribution in [2.24, 2.45) is 0 Å². The lowest BCUT2D eigenvalue weighted by molar-refractivity contribution is -0.887. The molecule has 8 nitrogen and oxygen atoms in total. The lowest BCUT2D eigenvalue weighted by Gasteiger charge is -2.31. The molecule has 0 saturated heterocycles. The van der Waals surface area contributed by atoms with Crippen LogP contribution < -0.4 is 0 Å². The zero-order valence-corrected chi connectivity index (χ0v) is 31.9. The number of carbonyl (C=O) groups excluding carboxylic acids is 2. The van der Waals surface area contributed by atoms with Crippen LogP contribution in [0.3, 0.4) is 0 Å². The molecule has 0 spiro atoms. The van der Waals surface area contributed by atoms with E-state index in [-0.39, 0.29) is 36.2 Å². The van der Waals surface area contributed by atoms with Crippen LogP contribution in [0.25, 0.3) is 0 Å². The number of carbonyl (C=O) groups is 3. The Balaban J connectivity index is 4.44. The first kappa shape index (κ1) is 46.3. The molecule has 0 aromatic carbocycles. The second-order valence-corrected chi connectivity index (χ2v) is 13.8. The Morgan fingerprint density at radius 3 is 1.69 bits per heavy atom. The van der Waals surface area contributed by atoms with Crippen molar-refractivity contribution >= 4 is 17.9 Å². The summed E-state index contributed by atoms with van der Waals surface area (Å²) in [7, 11) is 5.50. The third kappa shape index (κ3) is 31.0. The highest BCUT2D eigenvalue weighted by molar-refractivity contribution is 5.72. The van der Waals surface area contributed by atoms with Crippen LogP contribution in [-0.4, -0.2) is 80.6 Å². The van der Waals surface area contributed by atoms with Crippen LogP contribution in [0, 0.1) is 0 Å². The van der Waals surface area contributed by atoms with Gasteiger partial charge >= 0.3 is 17.9 Å². The summed E-state index contributed by atoms with van der Waals surface area (Å²) in [4.78, 5) is 36.7. The SMILES string of the molecule is CC/C=C/C/C=C/C/C=C/C/C=C/CCCCCC(=O)OCC(COCCC(C(=O)O)[N+](C)(C)C)OC(=O)CCCCCCCCCCC. The van der Waals surface area contributed by atoms with Gasteiger partial charge in [-0.3, -0.25) is 9.59 Å². The van der Waals surface area contributed by atoms with Gasteiger partial charge in [-0.05, 0) is 51.4 Å². The number of unbranched alkanes of at least 4 members (excludes halogenated alkanes) is 11. The first-order valence-corrected chi connectivity index (χ1v) is 19.2. The fraction of sp³-hybridized carbons (Fsp3) is 0.732. The monoisotopic (exact) mass is 691 g/mol. The lowest BCUT2D eigenvalue weighted by atomic mass is 10.1. The molecule has 0 aliphatic carbocycles. The molecule has 0 aromatic heterocycles. The van der Waals surface area contributed by atoms with E-state index in [1.807, 2.05) is 21.1 Å². The Morgan fingerprint density at radius 1 is 0.633 bits per heavy atom. The molecule has 0 amide bonds. The van der Waals surface area contributed by atoms with Gasteiger partial charge in [0.25, 0.3) is 0 Å². The summed E-state index contributed by atoms with van der Waals surface area (Å²) in [5.74, 6) is -1.52. The number of likely N-dealkylation sites (N-methyl/N-ethyl adjacent to an activating group) is 1. The number of quaternary nitrogens is 1. The van der Waals surface area contributed by atoms with E-state index in [0.717, 1.165) is 70.6 Å². The van der Waals surface area contributed by atoms with E-state index in [0.29, 0.717) is 19.3 Å². The van der Waals surface area contributed by atoms with Crippen molar-refractivity contribution in [3.63, 3.8) is 0 Å². The number of hydrogen-bond acceptors (Lipinski definition) is 6. The molecule has 2 unspecified atom stereocenters. The quantitative estimate of drug-likeness (QED) is 0.0317. The highest BCUT2D eigenvalue weighted by atomic mass is 16.6. The van der Waals surface area contributed by atoms with Crippen molar-refractivity contribution in [3.8, 4) is 0 Å². The number of rotatable bonds is 33. The van der Waals surface area contributed by atoms with E-state index < -0.39 is 18.1 Å². The summed E-state index contributed by atoms with van der Waals surface area (Å²) in [6.45, 7) is 4.54. The predicted octanol–water partition coefficient (Wildman–Crippen LogP) is 9.68. The molecule has 0 aromatic rings. The zero-order chi connectivity index (χ0) is 36.4. The van der Waals surface area contributed by atoms with Gasteiger partial charge in [-0.25, -0.2) is 4.79 Å². The van der Waals surface area contributed by atoms with Crippen molar-refractivity contribution in [3.05, 3.63) is 48.6 Å². The lowest BCUT2D eigenvalue weighted by Crippen LogP contribution is -2.50. The van der Waals surface area contributed by atoms with Crippen molar-refractivity contribution < 1.29 is 38.2 Å². The molecule has 1 N–H and O–H groups in total. The van der Waals surface area contributed by atoms with Gasteiger partial charge in [-0.2, -0.15) is 0 Å². The van der Waals surface area contributed by atoms with Gasteiger partial charge in [0.05, 0.1) is 34.4 Å². The fourth-order valence-corrected chi connectivity index (χ4v) is 5.26. The average molecular weight is 691 g/mol. The maximum atomic E-state index is 12.6. The molecule has 282 valence electrons. The Kier molecular flexibility index (Phi) is 30.7. The highest BCUT2D eigenvalue weighted by Crippen LogP contribution is 2.13. The van der Waals surface area contributed by atoms with E-state index in [4.69, 9.17) is 14.2 Å². The fourth-order valence-electron chi connectivity index (χ4n) is 5.26. The zero-order valence-electron chi connectivity index (χ0n) is 31.9. The summed E-state index contributed by atoms with van der Waals surface area (Å²) in [5.41, 5.74) is 0. The normalized spacial score (nSPS) is 13.6. The van der Waals surface area contributed by atoms with Crippen molar-refractivity contribution in [1.29, 1.82) is 0 Å². The van der Waals surface area contributed by atoms with Gasteiger partial charge < -0.3 is 23.8 Å². The van der Waals surface area contributed by atoms with Gasteiger partial charge in [-0.1, -0.05) is 120 Å². The number of carboxylic acid groups (broad SMARTS) is 1. The number of ether oxygens (including phenoxy) is 3. The maximum absolute atomic E-state index is 12.6. The number of allylic oxidation sites excluding steroid dienone is 8. The Morgan fingerprint density at radius 2 is 1.14 bits per heavy atom. The summed E-state index contributed by atoms with van der Waals surface area (Å²) in [6.07, 6.45) is 35.8. The smallest absolute Gasteiger partial charge is 0.362 e. The van der Waals surface area contributed by atoms with Crippen molar-refractivity contribution in [2.45, 2.75) is 154 Å². The van der Waals surface area contributed by atoms with E-state index in [2.05, 4.69) is 62.5 Å². The molecule has 0 saturated carbocycles. The molecule has 0 aliphatic heterocycles. The van der Waals surface area contributed by atoms with Crippen LogP contribution >= 0.6 is 0 Å². The molecule has 0 heterocycles. The second-order valence-electron chi connectivity index (χ2n) is 13.8. The number of esters is 2. The Bertz CT molecular complexity index is 948. The van der Waals surface area contributed by atoms with E-state index in [1.165, 1.54) is 38.5 Å². The molecule has 0 rings (SSSR count). The third-order valence-electron chi connectivity index (χ3n) is 8.24. The molecular formula is C41H72NO7+. The second kappa shape index (κ2) is 32.5. The molecule has 49 heavy (non-hydrogen) atoms. The summed E-state index contributed by atoms with van der Waals surface area (Å²) < 4.78 is 17.1. The van der Waals surface area contributed by atoms with E-state index >= 15 is 0 Å². The summed E-state index contributed by atoms with van der Waals surface area (Å²) in [5, 5.41) is 9.57. The van der Waals surface area contributed by atoms with Crippen molar-refractivity contribution in [1.82, 2.24) is 0 Å². The molecule has 0 radical (unpaired) electrons. The van der Waals surface area contributed by atoms with Crippen LogP contribution in [0.1, 0.15) is 142 Å². The van der Waals surface area contributed by atoms with Gasteiger partial charge in [0.1, 0.15) is 6.61 Å². The van der Waals surface area contributed by atoms with Crippen LogP contribution in [0.2, 0.25) is 0 Å². The van der Waals surface area contributed by atoms with E-state index in [9.17, 15) is 19.5 Å². The largest absolute Gasteiger partial charge is 0.477 e. The number of hydrogen-bond donors (Lipinski definition) is 1. The minimum atomic E-state index is -0.882. The van der Waals surface area contributed by atoms with Gasteiger partial charge in [-0.15, -0.1) is 0 Å². The van der Waals surface area contributed by atoms with Gasteiger partial charge in [0.15, 0.2) is 12.1 Å². The number of aliphatic carboxylic acids is 1. The average Bonchev–Trinajstić information content (AvgIpc) is 3.05. The van der Waals surface area contributed by atoms with Crippen LogP contribution in [0.4, 0.5) is 0 Å².